The van der Waals surface area contributed by atoms with Gasteiger partial charge < -0.3 is 9.80 Å². The van der Waals surface area contributed by atoms with E-state index in [2.05, 4.69) is 21.9 Å². The van der Waals surface area contributed by atoms with Crippen LogP contribution in [0, 0.1) is 23.3 Å². The number of piperazine rings is 2. The third-order valence-corrected chi connectivity index (χ3v) is 7.08. The number of rotatable bonds is 2. The maximum absolute atomic E-state index is 13.1. The summed E-state index contributed by atoms with van der Waals surface area (Å²) in [6.07, 6.45) is 7.94. The first-order chi connectivity index (χ1) is 12.7. The van der Waals surface area contributed by atoms with E-state index in [1.54, 1.807) is 4.90 Å². The topological polar surface area (TPSA) is 74.6 Å². The summed E-state index contributed by atoms with van der Waals surface area (Å²) < 4.78 is 0. The molecular formula is C18H29ClN6O. The smallest absolute Gasteiger partial charge is 0.243 e. The Kier molecular flexibility index (Phi) is 5.55. The molecule has 3 aliphatic heterocycles. The number of fused-ring (bicyclic) bond motifs is 1. The molecule has 0 spiro atoms. The van der Waals surface area contributed by atoms with Crippen LogP contribution in [0.4, 0.5) is 0 Å². The summed E-state index contributed by atoms with van der Waals surface area (Å²) in [6.45, 7) is 4.65. The van der Waals surface area contributed by atoms with Gasteiger partial charge in [-0.25, -0.2) is 5.43 Å². The SMILES string of the molecule is N#CN1CCN2CCN(C3CC(C4CCCC(Cl)C4)CNN3)C(=O)[C@H]2C1. The van der Waals surface area contributed by atoms with Gasteiger partial charge in [-0.2, -0.15) is 5.26 Å². The number of alkyl halides is 1. The summed E-state index contributed by atoms with van der Waals surface area (Å²) in [7, 11) is 0. The van der Waals surface area contributed by atoms with E-state index in [1.807, 2.05) is 4.90 Å². The lowest BCUT2D eigenvalue weighted by Crippen LogP contribution is -2.69. The van der Waals surface area contributed by atoms with Crippen molar-refractivity contribution >= 4 is 17.5 Å². The van der Waals surface area contributed by atoms with Crippen molar-refractivity contribution in [1.29, 1.82) is 5.26 Å². The Bertz CT molecular complexity index is 568. The highest BCUT2D eigenvalue weighted by Crippen LogP contribution is 2.36. The Morgan fingerprint density at radius 2 is 1.96 bits per heavy atom. The predicted molar refractivity (Wildman–Crippen MR) is 98.9 cm³/mol. The number of carbonyl (C=O) groups excluding carboxylic acids is 1. The molecule has 144 valence electrons. The van der Waals surface area contributed by atoms with Crippen molar-refractivity contribution in [2.45, 2.75) is 49.7 Å². The number of halogens is 1. The molecule has 4 aliphatic rings. The van der Waals surface area contributed by atoms with Crippen LogP contribution in [-0.2, 0) is 4.79 Å². The van der Waals surface area contributed by atoms with Crippen molar-refractivity contribution in [3.8, 4) is 6.19 Å². The van der Waals surface area contributed by atoms with Gasteiger partial charge in [0.25, 0.3) is 0 Å². The molecule has 0 radical (unpaired) electrons. The zero-order chi connectivity index (χ0) is 18.1. The van der Waals surface area contributed by atoms with Crippen LogP contribution in [0.3, 0.4) is 0 Å². The molecule has 0 aromatic heterocycles. The van der Waals surface area contributed by atoms with Crippen LogP contribution in [0.1, 0.15) is 32.1 Å². The molecule has 0 aromatic carbocycles. The molecule has 1 aliphatic carbocycles. The van der Waals surface area contributed by atoms with Gasteiger partial charge in [0.15, 0.2) is 6.19 Å². The zero-order valence-corrected chi connectivity index (χ0v) is 16.0. The molecule has 4 rings (SSSR count). The van der Waals surface area contributed by atoms with Crippen molar-refractivity contribution in [2.24, 2.45) is 11.8 Å². The van der Waals surface area contributed by atoms with Gasteiger partial charge in [-0.15, -0.1) is 11.6 Å². The Morgan fingerprint density at radius 1 is 1.12 bits per heavy atom. The molecule has 2 N–H and O–H groups in total. The van der Waals surface area contributed by atoms with Crippen LogP contribution in [-0.4, -0.2) is 77.5 Å². The van der Waals surface area contributed by atoms with Gasteiger partial charge in [-0.05, 0) is 31.1 Å². The fourth-order valence-corrected chi connectivity index (χ4v) is 5.54. The van der Waals surface area contributed by atoms with Crippen LogP contribution >= 0.6 is 11.6 Å². The molecule has 4 fully saturated rings. The number of amides is 1. The predicted octanol–water partition coefficient (Wildman–Crippen LogP) is 0.534. The van der Waals surface area contributed by atoms with E-state index < -0.39 is 0 Å². The molecule has 26 heavy (non-hydrogen) atoms. The minimum Gasteiger partial charge on any atom is -0.323 e. The Morgan fingerprint density at radius 3 is 2.77 bits per heavy atom. The van der Waals surface area contributed by atoms with Gasteiger partial charge in [0.05, 0.1) is 12.7 Å². The van der Waals surface area contributed by atoms with Gasteiger partial charge >= 0.3 is 0 Å². The van der Waals surface area contributed by atoms with Crippen LogP contribution in [0.15, 0.2) is 0 Å². The molecule has 8 heteroatoms. The molecule has 3 heterocycles. The fourth-order valence-electron chi connectivity index (χ4n) is 5.16. The second-order valence-corrected chi connectivity index (χ2v) is 8.81. The van der Waals surface area contributed by atoms with Crippen molar-refractivity contribution < 1.29 is 4.79 Å². The number of hydrogen-bond donors (Lipinski definition) is 2. The number of hydrogen-bond acceptors (Lipinski definition) is 6. The summed E-state index contributed by atoms with van der Waals surface area (Å²) in [5, 5.41) is 9.49. The van der Waals surface area contributed by atoms with Crippen LogP contribution in [0.2, 0.25) is 0 Å². The quantitative estimate of drug-likeness (QED) is 0.538. The largest absolute Gasteiger partial charge is 0.323 e. The van der Waals surface area contributed by atoms with Crippen molar-refractivity contribution in [2.75, 3.05) is 39.3 Å². The van der Waals surface area contributed by atoms with Crippen LogP contribution < -0.4 is 10.9 Å². The first kappa shape index (κ1) is 18.3. The standard InChI is InChI=1S/C18H29ClN6O/c19-15-3-1-2-13(8-15)14-9-17(22-21-10-14)25-7-6-24-5-4-23(12-20)11-16(24)18(25)26/h13-17,21-22H,1-11H2/t13?,14?,15?,16-,17?/m1/s1. The molecule has 0 aromatic rings. The van der Waals surface area contributed by atoms with Crippen LogP contribution in [0.25, 0.3) is 0 Å². The summed E-state index contributed by atoms with van der Waals surface area (Å²) in [5.41, 5.74) is 6.69. The minimum atomic E-state index is -0.179. The average molecular weight is 381 g/mol. The molecule has 5 atom stereocenters. The van der Waals surface area contributed by atoms with Gasteiger partial charge in [0.2, 0.25) is 5.91 Å². The van der Waals surface area contributed by atoms with Crippen LogP contribution in [0.5, 0.6) is 0 Å². The molecular weight excluding hydrogens is 352 g/mol. The Hall–Kier alpha value is -1.07. The highest BCUT2D eigenvalue weighted by atomic mass is 35.5. The molecule has 0 bridgehead atoms. The summed E-state index contributed by atoms with van der Waals surface area (Å²) in [6, 6.07) is -0.179. The first-order valence-corrected chi connectivity index (χ1v) is 10.4. The van der Waals surface area contributed by atoms with Crippen molar-refractivity contribution in [1.82, 2.24) is 25.6 Å². The van der Waals surface area contributed by atoms with Gasteiger partial charge in [0.1, 0.15) is 6.04 Å². The van der Waals surface area contributed by atoms with E-state index in [0.29, 0.717) is 23.8 Å². The molecule has 4 unspecified atom stereocenters. The lowest BCUT2D eigenvalue weighted by molar-refractivity contribution is -0.150. The van der Waals surface area contributed by atoms with E-state index in [1.165, 1.54) is 12.8 Å². The van der Waals surface area contributed by atoms with E-state index in [0.717, 1.165) is 52.0 Å². The fraction of sp³-hybridized carbons (Fsp3) is 0.889. The third kappa shape index (κ3) is 3.65. The minimum absolute atomic E-state index is 0.0385. The van der Waals surface area contributed by atoms with Gasteiger partial charge in [-0.1, -0.05) is 12.8 Å². The lowest BCUT2D eigenvalue weighted by atomic mass is 9.77. The summed E-state index contributed by atoms with van der Waals surface area (Å²) in [5.74, 6) is 1.38. The van der Waals surface area contributed by atoms with Crippen molar-refractivity contribution in [3.05, 3.63) is 0 Å². The monoisotopic (exact) mass is 380 g/mol. The Balaban J connectivity index is 1.40. The number of nitrogens with zero attached hydrogens (tertiary/aromatic N) is 4. The number of nitrogens with one attached hydrogen (secondary N) is 2. The third-order valence-electron chi connectivity index (χ3n) is 6.68. The normalized spacial score (nSPS) is 39.4. The van der Waals surface area contributed by atoms with E-state index in [-0.39, 0.29) is 18.1 Å². The number of carbonyl (C=O) groups is 1. The molecule has 1 amide bonds. The van der Waals surface area contributed by atoms with E-state index in [4.69, 9.17) is 11.6 Å². The zero-order valence-electron chi connectivity index (χ0n) is 15.2. The first-order valence-electron chi connectivity index (χ1n) is 9.97. The highest BCUT2D eigenvalue weighted by molar-refractivity contribution is 6.20. The maximum atomic E-state index is 13.1. The highest BCUT2D eigenvalue weighted by Gasteiger charge is 2.42. The molecule has 3 saturated heterocycles. The second kappa shape index (κ2) is 7.89. The van der Waals surface area contributed by atoms with Gasteiger partial charge in [-0.3, -0.25) is 15.1 Å². The number of nitriles is 1. The second-order valence-electron chi connectivity index (χ2n) is 8.19. The van der Waals surface area contributed by atoms with E-state index in [9.17, 15) is 10.1 Å². The maximum Gasteiger partial charge on any atom is 0.243 e. The molecule has 1 saturated carbocycles. The van der Waals surface area contributed by atoms with E-state index >= 15 is 0 Å². The lowest BCUT2D eigenvalue weighted by Gasteiger charge is -2.49. The Labute approximate surface area is 160 Å². The summed E-state index contributed by atoms with van der Waals surface area (Å²) >= 11 is 6.41. The van der Waals surface area contributed by atoms with Gasteiger partial charge in [0, 0.05) is 38.1 Å². The summed E-state index contributed by atoms with van der Waals surface area (Å²) in [4.78, 5) is 19.1. The number of hydrazine groups is 1. The molecule has 7 nitrogen and oxygen atoms in total. The van der Waals surface area contributed by atoms with Crippen molar-refractivity contribution in [3.63, 3.8) is 0 Å². The average Bonchev–Trinajstić information content (AvgIpc) is 2.68.